The normalized spacial score (nSPS) is 27.7. The number of aryl methyl sites for hydroxylation is 2. The first-order chi connectivity index (χ1) is 23.6. The maximum Gasteiger partial charge on any atom is 0.407 e. The van der Waals surface area contributed by atoms with Crippen molar-refractivity contribution in [2.75, 3.05) is 13.2 Å². The Morgan fingerprint density at radius 3 is 2.58 bits per heavy atom. The summed E-state index contributed by atoms with van der Waals surface area (Å²) in [5.74, 6) is -2.10. The van der Waals surface area contributed by atoms with E-state index in [4.69, 9.17) is 9.47 Å². The molecular formula is C36H47N5O8S. The lowest BCUT2D eigenvalue weighted by molar-refractivity contribution is -0.142. The molecule has 1 unspecified atom stereocenters. The van der Waals surface area contributed by atoms with Crippen LogP contribution in [-0.2, 0) is 35.6 Å². The molecule has 4 bridgehead atoms. The minimum atomic E-state index is -3.88. The fourth-order valence-electron chi connectivity index (χ4n) is 7.06. The Morgan fingerprint density at radius 1 is 1.14 bits per heavy atom. The van der Waals surface area contributed by atoms with Gasteiger partial charge in [-0.3, -0.25) is 19.1 Å². The van der Waals surface area contributed by atoms with Crippen LogP contribution in [0.4, 0.5) is 4.79 Å². The lowest BCUT2D eigenvalue weighted by Crippen LogP contribution is -2.60. The highest BCUT2D eigenvalue weighted by molar-refractivity contribution is 7.91. The Labute approximate surface area is 293 Å². The van der Waals surface area contributed by atoms with Gasteiger partial charge in [-0.2, -0.15) is 0 Å². The van der Waals surface area contributed by atoms with Crippen LogP contribution in [0.2, 0.25) is 0 Å². The van der Waals surface area contributed by atoms with Crippen molar-refractivity contribution in [3.8, 4) is 5.88 Å². The fraction of sp³-hybridized carbons (Fsp3) is 0.583. The summed E-state index contributed by atoms with van der Waals surface area (Å²) in [4.78, 5) is 61.0. The third-order valence-electron chi connectivity index (χ3n) is 10.2. The molecule has 14 heteroatoms. The average Bonchev–Trinajstić information content (AvgIpc) is 3.97. The molecule has 0 radical (unpaired) electrons. The molecule has 5 atom stereocenters. The molecule has 3 heterocycles. The van der Waals surface area contributed by atoms with Crippen molar-refractivity contribution in [3.05, 3.63) is 48.2 Å². The summed E-state index contributed by atoms with van der Waals surface area (Å²) in [6.07, 6.45) is 6.15. The van der Waals surface area contributed by atoms with Gasteiger partial charge in [0, 0.05) is 23.9 Å². The van der Waals surface area contributed by atoms with Gasteiger partial charge < -0.3 is 25.0 Å². The molecule has 2 aliphatic heterocycles. The number of fused-ring (bicyclic) bond motifs is 3. The molecule has 50 heavy (non-hydrogen) atoms. The Balaban J connectivity index is 1.34. The van der Waals surface area contributed by atoms with Crippen molar-refractivity contribution in [1.82, 2.24) is 25.2 Å². The number of aromatic nitrogens is 1. The molecule has 1 aromatic carbocycles. The van der Waals surface area contributed by atoms with Gasteiger partial charge in [-0.1, -0.05) is 32.9 Å². The predicted octanol–water partition coefficient (Wildman–Crippen LogP) is 3.43. The first-order valence-electron chi connectivity index (χ1n) is 17.4. The van der Waals surface area contributed by atoms with E-state index in [1.54, 1.807) is 27.0 Å². The highest BCUT2D eigenvalue weighted by atomic mass is 32.2. The number of cyclic esters (lactones) is 1. The number of carbonyl (C=O) groups excluding carboxylic acids is 4. The molecule has 270 valence electrons. The van der Waals surface area contributed by atoms with Crippen LogP contribution < -0.4 is 20.1 Å². The molecule has 2 saturated carbocycles. The summed E-state index contributed by atoms with van der Waals surface area (Å²) >= 11 is 0. The molecule has 6 rings (SSSR count). The maximum atomic E-state index is 14.4. The first-order valence-corrected chi connectivity index (χ1v) is 19.0. The van der Waals surface area contributed by atoms with Crippen LogP contribution in [0.1, 0.15) is 76.8 Å². The standard InChI is InChI=1S/C36H47N5O8S/c1-6-23-19-36(23,33(44)40-50(46,47)25-11-12-25)39-30(42)28-18-24-20-41(28)32(43)29(35(3,4)5)38-34(45)48-15-9-7-8-10-22-16-21(2)26-13-14-37-31(49-24)27(26)17-22/h6,13-14,16-17,23-25,28-29H,1,7-12,15,18-20H2,2-5H3,(H,38,45)(H,39,42)(H,40,44)/t23-,24-,28?,29-,36-/m1/s1. The topological polar surface area (TPSA) is 173 Å². The second-order valence-electron chi connectivity index (χ2n) is 15.2. The minimum Gasteiger partial charge on any atom is -0.472 e. The van der Waals surface area contributed by atoms with E-state index in [1.807, 2.05) is 13.0 Å². The van der Waals surface area contributed by atoms with Crippen molar-refractivity contribution < 1.29 is 37.1 Å². The van der Waals surface area contributed by atoms with Crippen LogP contribution in [-0.4, -0.2) is 84.2 Å². The second-order valence-corrected chi connectivity index (χ2v) is 17.1. The van der Waals surface area contributed by atoms with Crippen LogP contribution in [0.15, 0.2) is 37.1 Å². The molecule has 4 amide bonds. The van der Waals surface area contributed by atoms with E-state index in [2.05, 4.69) is 39.1 Å². The van der Waals surface area contributed by atoms with Gasteiger partial charge in [0.1, 0.15) is 23.7 Å². The van der Waals surface area contributed by atoms with Crippen LogP contribution in [0.5, 0.6) is 5.88 Å². The second kappa shape index (κ2) is 13.5. The van der Waals surface area contributed by atoms with Gasteiger partial charge in [-0.05, 0) is 85.9 Å². The van der Waals surface area contributed by atoms with Gasteiger partial charge in [0.2, 0.25) is 27.7 Å². The van der Waals surface area contributed by atoms with Crippen LogP contribution in [0.25, 0.3) is 10.8 Å². The number of hydrogen-bond acceptors (Lipinski definition) is 9. The number of sulfonamides is 1. The van der Waals surface area contributed by atoms with Crippen LogP contribution in [0, 0.1) is 18.3 Å². The van der Waals surface area contributed by atoms with E-state index >= 15 is 0 Å². The summed E-state index contributed by atoms with van der Waals surface area (Å²) in [5, 5.41) is 6.72. The molecule has 0 spiro atoms. The molecule has 13 nitrogen and oxygen atoms in total. The number of hydrogen-bond donors (Lipinski definition) is 3. The summed E-state index contributed by atoms with van der Waals surface area (Å²) in [7, 11) is -3.88. The van der Waals surface area contributed by atoms with Gasteiger partial charge in [-0.15, -0.1) is 6.58 Å². The zero-order valence-corrected chi connectivity index (χ0v) is 29.9. The number of benzene rings is 1. The summed E-state index contributed by atoms with van der Waals surface area (Å²) in [6, 6.07) is 3.97. The molecule has 1 aromatic heterocycles. The van der Waals surface area contributed by atoms with Gasteiger partial charge >= 0.3 is 6.09 Å². The van der Waals surface area contributed by atoms with E-state index < -0.39 is 74.1 Å². The van der Waals surface area contributed by atoms with Gasteiger partial charge in [0.25, 0.3) is 5.91 Å². The maximum absolute atomic E-state index is 14.4. The SMILES string of the molecule is C=C[C@@H]1C[C@]1(NC(=O)C1C[C@@H]2CN1C(=O)[C@H](C(C)(C)C)NC(=O)OCCCCCc1cc(C)c3ccnc(c3c1)O2)C(=O)NS(=O)(=O)C1CC1. The Hall–Kier alpha value is -4.20. The van der Waals surface area contributed by atoms with Gasteiger partial charge in [-0.25, -0.2) is 18.2 Å². The van der Waals surface area contributed by atoms with Crippen molar-refractivity contribution in [3.63, 3.8) is 0 Å². The Morgan fingerprint density at radius 2 is 1.90 bits per heavy atom. The molecule has 2 aliphatic carbocycles. The first kappa shape index (κ1) is 35.6. The quantitative estimate of drug-likeness (QED) is 0.380. The number of carbonyl (C=O) groups is 4. The Bertz CT molecular complexity index is 1820. The highest BCUT2D eigenvalue weighted by Crippen LogP contribution is 2.45. The summed E-state index contributed by atoms with van der Waals surface area (Å²) < 4.78 is 39.5. The molecule has 1 saturated heterocycles. The zero-order chi connectivity index (χ0) is 36.0. The minimum absolute atomic E-state index is 0.00287. The smallest absolute Gasteiger partial charge is 0.407 e. The fourth-order valence-corrected chi connectivity index (χ4v) is 8.42. The van der Waals surface area contributed by atoms with Crippen molar-refractivity contribution >= 4 is 44.6 Å². The lowest BCUT2D eigenvalue weighted by Gasteiger charge is -2.35. The largest absolute Gasteiger partial charge is 0.472 e. The number of pyridine rings is 1. The molecule has 3 fully saturated rings. The van der Waals surface area contributed by atoms with Crippen molar-refractivity contribution in [2.24, 2.45) is 11.3 Å². The van der Waals surface area contributed by atoms with E-state index in [0.29, 0.717) is 25.1 Å². The predicted molar refractivity (Wildman–Crippen MR) is 186 cm³/mol. The molecule has 2 aromatic rings. The van der Waals surface area contributed by atoms with E-state index in [1.165, 1.54) is 11.0 Å². The van der Waals surface area contributed by atoms with Gasteiger partial charge in [0.05, 0.1) is 18.4 Å². The number of nitrogens with one attached hydrogen (secondary N) is 3. The lowest BCUT2D eigenvalue weighted by atomic mass is 9.85. The number of rotatable bonds is 6. The number of ether oxygens (including phenoxy) is 2. The number of amides is 4. The van der Waals surface area contributed by atoms with Crippen LogP contribution in [0.3, 0.4) is 0 Å². The molecule has 3 N–H and O–H groups in total. The average molecular weight is 710 g/mol. The third kappa shape index (κ3) is 7.31. The third-order valence-corrected chi connectivity index (χ3v) is 12.0. The zero-order valence-electron chi connectivity index (χ0n) is 29.1. The van der Waals surface area contributed by atoms with Crippen molar-refractivity contribution in [2.45, 2.75) is 108 Å². The van der Waals surface area contributed by atoms with Crippen LogP contribution >= 0.6 is 0 Å². The van der Waals surface area contributed by atoms with E-state index in [9.17, 15) is 27.6 Å². The Kier molecular flexibility index (Phi) is 9.61. The van der Waals surface area contributed by atoms with Crippen molar-refractivity contribution in [1.29, 1.82) is 0 Å². The van der Waals surface area contributed by atoms with E-state index in [0.717, 1.165) is 41.2 Å². The monoisotopic (exact) mass is 709 g/mol. The molecular weight excluding hydrogens is 662 g/mol. The van der Waals surface area contributed by atoms with Gasteiger partial charge in [0.15, 0.2) is 0 Å². The molecule has 4 aliphatic rings. The number of nitrogens with zero attached hydrogens (tertiary/aromatic N) is 2. The summed E-state index contributed by atoms with van der Waals surface area (Å²) in [5.41, 5.74) is -0.113. The van der Waals surface area contributed by atoms with E-state index in [-0.39, 0.29) is 26.0 Å². The summed E-state index contributed by atoms with van der Waals surface area (Å²) in [6.45, 7) is 11.4. The highest BCUT2D eigenvalue weighted by Gasteiger charge is 2.62. The number of alkyl carbamates (subject to hydrolysis) is 1.